The molecule has 1 rings (SSSR count). The minimum absolute atomic E-state index is 0.168. The SMILES string of the molecule is CCOC(C)c1nc(C)cc(C=O)n1. The molecular weight excluding hydrogens is 180 g/mol. The van der Waals surface area contributed by atoms with Crippen LogP contribution in [-0.2, 0) is 4.74 Å². The quantitative estimate of drug-likeness (QED) is 0.684. The van der Waals surface area contributed by atoms with Crippen LogP contribution in [0.15, 0.2) is 6.07 Å². The summed E-state index contributed by atoms with van der Waals surface area (Å²) in [5.41, 5.74) is 1.18. The Balaban J connectivity index is 2.96. The van der Waals surface area contributed by atoms with E-state index in [1.165, 1.54) is 0 Å². The first-order valence-corrected chi connectivity index (χ1v) is 4.59. The van der Waals surface area contributed by atoms with E-state index in [2.05, 4.69) is 9.97 Å². The summed E-state index contributed by atoms with van der Waals surface area (Å²) in [6.07, 6.45) is 0.551. The molecule has 1 aromatic heterocycles. The van der Waals surface area contributed by atoms with E-state index >= 15 is 0 Å². The van der Waals surface area contributed by atoms with Crippen molar-refractivity contribution < 1.29 is 9.53 Å². The Hall–Kier alpha value is -1.29. The number of ether oxygens (including phenoxy) is 1. The van der Waals surface area contributed by atoms with Crippen molar-refractivity contribution >= 4 is 6.29 Å². The molecule has 0 fully saturated rings. The second-order valence-corrected chi connectivity index (χ2v) is 3.01. The molecule has 0 aliphatic heterocycles. The van der Waals surface area contributed by atoms with E-state index in [9.17, 15) is 4.79 Å². The van der Waals surface area contributed by atoms with E-state index < -0.39 is 0 Å². The second-order valence-electron chi connectivity index (χ2n) is 3.01. The average Bonchev–Trinajstić information content (AvgIpc) is 2.17. The van der Waals surface area contributed by atoms with Crippen molar-refractivity contribution in [1.82, 2.24) is 9.97 Å². The third-order valence-corrected chi connectivity index (χ3v) is 1.79. The Morgan fingerprint density at radius 2 is 2.29 bits per heavy atom. The molecule has 0 saturated carbocycles. The molecule has 14 heavy (non-hydrogen) atoms. The van der Waals surface area contributed by atoms with Crippen LogP contribution < -0.4 is 0 Å². The molecule has 0 bridgehead atoms. The van der Waals surface area contributed by atoms with Crippen molar-refractivity contribution in [3.05, 3.63) is 23.3 Å². The molecular formula is C10H14N2O2. The number of aromatic nitrogens is 2. The number of nitrogens with zero attached hydrogens (tertiary/aromatic N) is 2. The lowest BCUT2D eigenvalue weighted by atomic mass is 10.3. The highest BCUT2D eigenvalue weighted by Gasteiger charge is 2.09. The van der Waals surface area contributed by atoms with E-state index in [4.69, 9.17) is 4.74 Å². The fourth-order valence-electron chi connectivity index (χ4n) is 1.18. The highest BCUT2D eigenvalue weighted by Crippen LogP contribution is 2.12. The monoisotopic (exact) mass is 194 g/mol. The van der Waals surface area contributed by atoms with Gasteiger partial charge in [0.1, 0.15) is 11.8 Å². The molecule has 0 saturated heterocycles. The van der Waals surface area contributed by atoms with Crippen LogP contribution in [0.4, 0.5) is 0 Å². The molecule has 0 radical (unpaired) electrons. The number of hydrogen-bond donors (Lipinski definition) is 0. The summed E-state index contributed by atoms with van der Waals surface area (Å²) < 4.78 is 5.34. The number of aldehydes is 1. The largest absolute Gasteiger partial charge is 0.371 e. The molecule has 76 valence electrons. The lowest BCUT2D eigenvalue weighted by molar-refractivity contribution is 0.0697. The van der Waals surface area contributed by atoms with Gasteiger partial charge in [-0.15, -0.1) is 0 Å². The molecule has 0 aliphatic carbocycles. The Kier molecular flexibility index (Phi) is 3.71. The van der Waals surface area contributed by atoms with Gasteiger partial charge in [-0.05, 0) is 26.8 Å². The van der Waals surface area contributed by atoms with Crippen molar-refractivity contribution in [2.24, 2.45) is 0 Å². The van der Waals surface area contributed by atoms with Crippen LogP contribution in [0.2, 0.25) is 0 Å². The Morgan fingerprint density at radius 1 is 1.57 bits per heavy atom. The fourth-order valence-corrected chi connectivity index (χ4v) is 1.18. The molecule has 0 N–H and O–H groups in total. The third kappa shape index (κ3) is 2.60. The summed E-state index contributed by atoms with van der Waals surface area (Å²) >= 11 is 0. The van der Waals surface area contributed by atoms with Crippen LogP contribution in [-0.4, -0.2) is 22.9 Å². The van der Waals surface area contributed by atoms with Crippen LogP contribution in [0.5, 0.6) is 0 Å². The topological polar surface area (TPSA) is 52.1 Å². The molecule has 1 heterocycles. The molecule has 1 unspecified atom stereocenters. The van der Waals surface area contributed by atoms with Gasteiger partial charge in [-0.1, -0.05) is 0 Å². The summed E-state index contributed by atoms with van der Waals surface area (Å²) in [4.78, 5) is 18.8. The van der Waals surface area contributed by atoms with Crippen molar-refractivity contribution in [3.63, 3.8) is 0 Å². The zero-order valence-electron chi connectivity index (χ0n) is 8.65. The van der Waals surface area contributed by atoms with Crippen LogP contribution in [0.3, 0.4) is 0 Å². The maximum Gasteiger partial charge on any atom is 0.168 e. The number of aryl methyl sites for hydroxylation is 1. The number of carbonyl (C=O) groups excluding carboxylic acids is 1. The third-order valence-electron chi connectivity index (χ3n) is 1.79. The second kappa shape index (κ2) is 4.81. The van der Waals surface area contributed by atoms with Gasteiger partial charge < -0.3 is 4.74 Å². The zero-order chi connectivity index (χ0) is 10.6. The first-order chi connectivity index (χ1) is 6.67. The van der Waals surface area contributed by atoms with Gasteiger partial charge in [-0.2, -0.15) is 0 Å². The molecule has 4 nitrogen and oxygen atoms in total. The van der Waals surface area contributed by atoms with Gasteiger partial charge in [-0.25, -0.2) is 9.97 Å². The summed E-state index contributed by atoms with van der Waals surface area (Å²) in [6, 6.07) is 1.65. The molecule has 1 aromatic rings. The lowest BCUT2D eigenvalue weighted by Gasteiger charge is -2.10. The number of carbonyl (C=O) groups is 1. The Labute approximate surface area is 83.3 Å². The van der Waals surface area contributed by atoms with Gasteiger partial charge in [0.05, 0.1) is 0 Å². The summed E-state index contributed by atoms with van der Waals surface area (Å²) in [5.74, 6) is 0.564. The van der Waals surface area contributed by atoms with Gasteiger partial charge in [0.25, 0.3) is 0 Å². The first kappa shape index (κ1) is 10.8. The first-order valence-electron chi connectivity index (χ1n) is 4.59. The molecule has 4 heteroatoms. The van der Waals surface area contributed by atoms with Gasteiger partial charge >= 0.3 is 0 Å². The lowest BCUT2D eigenvalue weighted by Crippen LogP contribution is -2.07. The van der Waals surface area contributed by atoms with Crippen molar-refractivity contribution in [2.45, 2.75) is 26.9 Å². The Bertz CT molecular complexity index is 326. The van der Waals surface area contributed by atoms with Crippen LogP contribution in [0.25, 0.3) is 0 Å². The number of rotatable bonds is 4. The summed E-state index contributed by atoms with van der Waals surface area (Å²) in [5, 5.41) is 0. The van der Waals surface area contributed by atoms with Crippen LogP contribution in [0, 0.1) is 6.92 Å². The zero-order valence-corrected chi connectivity index (χ0v) is 8.65. The predicted molar refractivity (Wildman–Crippen MR) is 52.2 cm³/mol. The molecule has 0 aromatic carbocycles. The molecule has 0 spiro atoms. The van der Waals surface area contributed by atoms with E-state index in [1.807, 2.05) is 20.8 Å². The minimum atomic E-state index is -0.168. The molecule has 1 atom stereocenters. The smallest absolute Gasteiger partial charge is 0.168 e. The standard InChI is InChI=1S/C10H14N2O2/c1-4-14-8(3)10-11-7(2)5-9(6-13)12-10/h5-6,8H,4H2,1-3H3. The number of hydrogen-bond acceptors (Lipinski definition) is 4. The van der Waals surface area contributed by atoms with Crippen LogP contribution >= 0.6 is 0 Å². The van der Waals surface area contributed by atoms with Gasteiger partial charge in [0.2, 0.25) is 0 Å². The van der Waals surface area contributed by atoms with Crippen molar-refractivity contribution in [1.29, 1.82) is 0 Å². The van der Waals surface area contributed by atoms with Crippen molar-refractivity contribution in [2.75, 3.05) is 6.61 Å². The minimum Gasteiger partial charge on any atom is -0.371 e. The highest BCUT2D eigenvalue weighted by atomic mass is 16.5. The van der Waals surface area contributed by atoms with Gasteiger partial charge in [0.15, 0.2) is 12.1 Å². The highest BCUT2D eigenvalue weighted by molar-refractivity contribution is 5.71. The summed E-state index contributed by atoms with van der Waals surface area (Å²) in [6.45, 7) is 6.21. The predicted octanol–water partition coefficient (Wildman–Crippen LogP) is 1.70. The molecule has 0 aliphatic rings. The average molecular weight is 194 g/mol. The normalized spacial score (nSPS) is 12.5. The summed E-state index contributed by atoms with van der Waals surface area (Å²) in [7, 11) is 0. The van der Waals surface area contributed by atoms with E-state index in [0.717, 1.165) is 12.0 Å². The fraction of sp³-hybridized carbons (Fsp3) is 0.500. The van der Waals surface area contributed by atoms with Gasteiger partial charge in [0, 0.05) is 12.3 Å². The maximum absolute atomic E-state index is 10.6. The maximum atomic E-state index is 10.6. The van der Waals surface area contributed by atoms with Gasteiger partial charge in [-0.3, -0.25) is 4.79 Å². The van der Waals surface area contributed by atoms with E-state index in [1.54, 1.807) is 6.07 Å². The van der Waals surface area contributed by atoms with E-state index in [-0.39, 0.29) is 6.10 Å². The van der Waals surface area contributed by atoms with Crippen molar-refractivity contribution in [3.8, 4) is 0 Å². The van der Waals surface area contributed by atoms with E-state index in [0.29, 0.717) is 18.1 Å². The molecule has 0 amide bonds. The Morgan fingerprint density at radius 3 is 2.86 bits per heavy atom. The van der Waals surface area contributed by atoms with Crippen LogP contribution in [0.1, 0.15) is 42.0 Å².